The monoisotopic (exact) mass is 220 g/mol. The molecule has 15 heavy (non-hydrogen) atoms. The lowest BCUT2D eigenvalue weighted by Gasteiger charge is -2.09. The molecule has 0 saturated carbocycles. The fraction of sp³-hybridized carbons (Fsp3) is 0.400. The van der Waals surface area contributed by atoms with Gasteiger partial charge in [0.05, 0.1) is 6.61 Å². The van der Waals surface area contributed by atoms with Gasteiger partial charge in [-0.2, -0.15) is 0 Å². The zero-order chi connectivity index (χ0) is 11.3. The number of alkyl halides is 3. The molecule has 0 heterocycles. The molecule has 5 heteroatoms. The van der Waals surface area contributed by atoms with Crippen LogP contribution in [0.2, 0.25) is 0 Å². The minimum absolute atomic E-state index is 0.244. The van der Waals surface area contributed by atoms with Crippen LogP contribution < -0.4 is 9.47 Å². The van der Waals surface area contributed by atoms with Crippen LogP contribution in [-0.2, 0) is 0 Å². The molecule has 0 unspecified atom stereocenters. The van der Waals surface area contributed by atoms with Crippen LogP contribution in [0.25, 0.3) is 0 Å². The van der Waals surface area contributed by atoms with Gasteiger partial charge in [0.25, 0.3) is 0 Å². The Morgan fingerprint density at radius 2 is 1.60 bits per heavy atom. The highest BCUT2D eigenvalue weighted by Gasteiger charge is 2.30. The SMILES string of the molecule is CCCOc1ccc(OC(F)(F)F)cc1. The molecule has 0 atom stereocenters. The molecular formula is C10H11F3O2. The molecule has 0 aromatic heterocycles. The molecule has 1 aromatic rings. The van der Waals surface area contributed by atoms with Crippen LogP contribution in [0, 0.1) is 0 Å². The summed E-state index contributed by atoms with van der Waals surface area (Å²) in [6.07, 6.45) is -3.80. The van der Waals surface area contributed by atoms with Crippen LogP contribution in [0.15, 0.2) is 24.3 Å². The Kier molecular flexibility index (Phi) is 3.82. The molecule has 0 bridgehead atoms. The molecule has 0 aliphatic carbocycles. The van der Waals surface area contributed by atoms with E-state index in [-0.39, 0.29) is 5.75 Å². The van der Waals surface area contributed by atoms with Crippen molar-refractivity contribution >= 4 is 0 Å². The average Bonchev–Trinajstić information content (AvgIpc) is 2.14. The lowest BCUT2D eigenvalue weighted by atomic mass is 10.3. The van der Waals surface area contributed by atoms with Gasteiger partial charge in [-0.1, -0.05) is 6.92 Å². The summed E-state index contributed by atoms with van der Waals surface area (Å²) >= 11 is 0. The zero-order valence-electron chi connectivity index (χ0n) is 8.17. The maximum Gasteiger partial charge on any atom is 0.573 e. The second-order valence-electron chi connectivity index (χ2n) is 2.87. The normalized spacial score (nSPS) is 11.2. The summed E-state index contributed by atoms with van der Waals surface area (Å²) in [7, 11) is 0. The van der Waals surface area contributed by atoms with E-state index >= 15 is 0 Å². The van der Waals surface area contributed by atoms with E-state index < -0.39 is 6.36 Å². The molecule has 0 radical (unpaired) electrons. The highest BCUT2D eigenvalue weighted by molar-refractivity contribution is 5.31. The molecule has 1 aromatic carbocycles. The lowest BCUT2D eigenvalue weighted by Crippen LogP contribution is -2.16. The molecule has 0 fully saturated rings. The first-order chi connectivity index (χ1) is 7.01. The van der Waals surface area contributed by atoms with E-state index in [1.165, 1.54) is 24.3 Å². The number of rotatable bonds is 4. The molecule has 0 saturated heterocycles. The fourth-order valence-corrected chi connectivity index (χ4v) is 0.957. The zero-order valence-corrected chi connectivity index (χ0v) is 8.17. The third-order valence-corrected chi connectivity index (χ3v) is 1.53. The minimum Gasteiger partial charge on any atom is -0.494 e. The molecule has 0 spiro atoms. The first-order valence-electron chi connectivity index (χ1n) is 4.50. The third-order valence-electron chi connectivity index (χ3n) is 1.53. The Balaban J connectivity index is 2.56. The molecule has 0 aliphatic heterocycles. The van der Waals surface area contributed by atoms with Gasteiger partial charge < -0.3 is 9.47 Å². The van der Waals surface area contributed by atoms with Gasteiger partial charge in [0.15, 0.2) is 0 Å². The van der Waals surface area contributed by atoms with Crippen molar-refractivity contribution in [3.63, 3.8) is 0 Å². The first-order valence-corrected chi connectivity index (χ1v) is 4.50. The van der Waals surface area contributed by atoms with Gasteiger partial charge in [-0.25, -0.2) is 0 Å². The van der Waals surface area contributed by atoms with Gasteiger partial charge in [0.1, 0.15) is 11.5 Å². The van der Waals surface area contributed by atoms with E-state index in [0.717, 1.165) is 6.42 Å². The van der Waals surface area contributed by atoms with Crippen molar-refractivity contribution in [1.82, 2.24) is 0 Å². The van der Waals surface area contributed by atoms with Crippen molar-refractivity contribution in [2.45, 2.75) is 19.7 Å². The maximum atomic E-state index is 11.8. The second kappa shape index (κ2) is 4.91. The summed E-state index contributed by atoms with van der Waals surface area (Å²) in [5, 5.41) is 0. The summed E-state index contributed by atoms with van der Waals surface area (Å²) in [5.74, 6) is 0.290. The van der Waals surface area contributed by atoms with Crippen molar-refractivity contribution in [3.05, 3.63) is 24.3 Å². The largest absolute Gasteiger partial charge is 0.573 e. The summed E-state index contributed by atoms with van der Waals surface area (Å²) in [4.78, 5) is 0. The van der Waals surface area contributed by atoms with Crippen LogP contribution in [0.1, 0.15) is 13.3 Å². The van der Waals surface area contributed by atoms with Gasteiger partial charge in [0.2, 0.25) is 0 Å². The van der Waals surface area contributed by atoms with Crippen molar-refractivity contribution in [2.75, 3.05) is 6.61 Å². The second-order valence-corrected chi connectivity index (χ2v) is 2.87. The highest BCUT2D eigenvalue weighted by Crippen LogP contribution is 2.24. The number of halogens is 3. The molecular weight excluding hydrogens is 209 g/mol. The third kappa shape index (κ3) is 4.58. The van der Waals surface area contributed by atoms with Crippen LogP contribution >= 0.6 is 0 Å². The van der Waals surface area contributed by atoms with Crippen LogP contribution in [0.5, 0.6) is 11.5 Å². The predicted molar refractivity (Wildman–Crippen MR) is 48.9 cm³/mol. The summed E-state index contributed by atoms with van der Waals surface area (Å²) in [6, 6.07) is 5.32. The van der Waals surface area contributed by atoms with Gasteiger partial charge in [-0.15, -0.1) is 13.2 Å². The van der Waals surface area contributed by atoms with Gasteiger partial charge >= 0.3 is 6.36 Å². The number of hydrogen-bond donors (Lipinski definition) is 0. The molecule has 0 N–H and O–H groups in total. The summed E-state index contributed by atoms with van der Waals surface area (Å²) in [6.45, 7) is 2.49. The summed E-state index contributed by atoms with van der Waals surface area (Å²) < 4.78 is 44.3. The summed E-state index contributed by atoms with van der Waals surface area (Å²) in [5.41, 5.74) is 0. The number of hydrogen-bond acceptors (Lipinski definition) is 2. The predicted octanol–water partition coefficient (Wildman–Crippen LogP) is 3.37. The molecule has 84 valence electrons. The van der Waals surface area contributed by atoms with Crippen LogP contribution in [-0.4, -0.2) is 13.0 Å². The van der Waals surface area contributed by atoms with E-state index in [1.54, 1.807) is 0 Å². The van der Waals surface area contributed by atoms with Crippen LogP contribution in [0.4, 0.5) is 13.2 Å². The molecule has 2 nitrogen and oxygen atoms in total. The van der Waals surface area contributed by atoms with E-state index in [1.807, 2.05) is 6.92 Å². The van der Waals surface area contributed by atoms with Crippen molar-refractivity contribution in [2.24, 2.45) is 0 Å². The quantitative estimate of drug-likeness (QED) is 0.774. The van der Waals surface area contributed by atoms with Gasteiger partial charge in [-0.3, -0.25) is 0 Å². The highest BCUT2D eigenvalue weighted by atomic mass is 19.4. The van der Waals surface area contributed by atoms with Crippen molar-refractivity contribution in [3.8, 4) is 11.5 Å². The van der Waals surface area contributed by atoms with E-state index in [9.17, 15) is 13.2 Å². The molecule has 0 amide bonds. The Morgan fingerprint density at radius 3 is 2.07 bits per heavy atom. The Labute approximate surface area is 85.6 Å². The molecule has 0 aliphatic rings. The van der Waals surface area contributed by atoms with Crippen LogP contribution in [0.3, 0.4) is 0 Å². The van der Waals surface area contributed by atoms with Crippen molar-refractivity contribution < 1.29 is 22.6 Å². The molecule has 1 rings (SSSR count). The minimum atomic E-state index is -4.65. The topological polar surface area (TPSA) is 18.5 Å². The smallest absolute Gasteiger partial charge is 0.494 e. The van der Waals surface area contributed by atoms with Crippen molar-refractivity contribution in [1.29, 1.82) is 0 Å². The van der Waals surface area contributed by atoms with Gasteiger partial charge in [-0.05, 0) is 30.7 Å². The first kappa shape index (κ1) is 11.7. The number of benzene rings is 1. The standard InChI is InChI=1S/C10H11F3O2/c1-2-7-14-8-3-5-9(6-4-8)15-10(11,12)13/h3-6H,2,7H2,1H3. The average molecular weight is 220 g/mol. The Bertz CT molecular complexity index is 293. The van der Waals surface area contributed by atoms with Gasteiger partial charge in [0, 0.05) is 0 Å². The lowest BCUT2D eigenvalue weighted by molar-refractivity contribution is -0.274. The van der Waals surface area contributed by atoms with E-state index in [2.05, 4.69) is 4.74 Å². The van der Waals surface area contributed by atoms with E-state index in [0.29, 0.717) is 12.4 Å². The van der Waals surface area contributed by atoms with E-state index in [4.69, 9.17) is 4.74 Å². The fourth-order valence-electron chi connectivity index (χ4n) is 0.957. The maximum absolute atomic E-state index is 11.8. The Hall–Kier alpha value is -1.39. The number of ether oxygens (including phenoxy) is 2. The Morgan fingerprint density at radius 1 is 1.07 bits per heavy atom.